The molecule has 2 heterocycles. The molecule has 1 N–H and O–H groups in total. The molecular formula is C17H12ClN3OS. The highest BCUT2D eigenvalue weighted by atomic mass is 35.5. The van der Waals surface area contributed by atoms with Gasteiger partial charge in [0.2, 0.25) is 0 Å². The third kappa shape index (κ3) is 2.42. The Morgan fingerprint density at radius 3 is 2.52 bits per heavy atom. The molecule has 23 heavy (non-hydrogen) atoms. The van der Waals surface area contributed by atoms with E-state index in [2.05, 4.69) is 9.97 Å². The number of benzene rings is 2. The maximum Gasteiger partial charge on any atom is 0.155 e. The Balaban J connectivity index is 1.93. The van der Waals surface area contributed by atoms with Gasteiger partial charge in [-0.2, -0.15) is 0 Å². The summed E-state index contributed by atoms with van der Waals surface area (Å²) in [5.74, 6) is 0.716. The highest BCUT2D eigenvalue weighted by Crippen LogP contribution is 2.30. The smallest absolute Gasteiger partial charge is 0.155 e. The zero-order chi connectivity index (χ0) is 16.0. The van der Waals surface area contributed by atoms with E-state index in [0.717, 1.165) is 32.4 Å². The third-order valence-electron chi connectivity index (χ3n) is 3.75. The number of halogens is 1. The van der Waals surface area contributed by atoms with E-state index in [1.54, 1.807) is 6.26 Å². The van der Waals surface area contributed by atoms with Crippen LogP contribution in [0.25, 0.3) is 33.3 Å². The van der Waals surface area contributed by atoms with E-state index in [1.165, 1.54) is 0 Å². The molecule has 0 spiro atoms. The lowest BCUT2D eigenvalue weighted by Crippen LogP contribution is -1.87. The SMILES string of the molecule is CS(=O)c1ccc(-c2nc3c([nH]2)c(Cl)nc2ccccc23)cc1. The highest BCUT2D eigenvalue weighted by molar-refractivity contribution is 7.84. The zero-order valence-electron chi connectivity index (χ0n) is 12.2. The first-order chi connectivity index (χ1) is 11.1. The molecule has 2 aromatic carbocycles. The minimum Gasteiger partial charge on any atom is -0.335 e. The Hall–Kier alpha value is -2.24. The van der Waals surface area contributed by atoms with Gasteiger partial charge in [-0.15, -0.1) is 0 Å². The molecule has 0 aliphatic carbocycles. The summed E-state index contributed by atoms with van der Waals surface area (Å²) < 4.78 is 11.5. The summed E-state index contributed by atoms with van der Waals surface area (Å²) in [5, 5.41) is 1.37. The lowest BCUT2D eigenvalue weighted by atomic mass is 10.2. The van der Waals surface area contributed by atoms with Gasteiger partial charge in [-0.25, -0.2) is 9.97 Å². The fourth-order valence-corrected chi connectivity index (χ4v) is 3.34. The van der Waals surface area contributed by atoms with Crippen LogP contribution in [0.15, 0.2) is 53.4 Å². The number of nitrogens with one attached hydrogen (secondary N) is 1. The summed E-state index contributed by atoms with van der Waals surface area (Å²) in [5.41, 5.74) is 3.26. The number of fused-ring (bicyclic) bond motifs is 3. The van der Waals surface area contributed by atoms with E-state index in [4.69, 9.17) is 16.6 Å². The van der Waals surface area contributed by atoms with Crippen LogP contribution in [0.2, 0.25) is 5.15 Å². The van der Waals surface area contributed by atoms with Gasteiger partial charge in [0, 0.05) is 32.9 Å². The van der Waals surface area contributed by atoms with Gasteiger partial charge in [0.1, 0.15) is 16.9 Å². The van der Waals surface area contributed by atoms with Crippen LogP contribution < -0.4 is 0 Å². The first-order valence-corrected chi connectivity index (χ1v) is 8.95. The van der Waals surface area contributed by atoms with Crippen molar-refractivity contribution >= 4 is 44.3 Å². The zero-order valence-corrected chi connectivity index (χ0v) is 13.8. The number of aromatic nitrogens is 3. The van der Waals surface area contributed by atoms with E-state index in [0.29, 0.717) is 11.0 Å². The van der Waals surface area contributed by atoms with E-state index < -0.39 is 10.8 Å². The molecule has 0 saturated heterocycles. The summed E-state index contributed by atoms with van der Waals surface area (Å²) in [7, 11) is -0.992. The number of hydrogen-bond acceptors (Lipinski definition) is 3. The summed E-state index contributed by atoms with van der Waals surface area (Å²) in [6.45, 7) is 0. The van der Waals surface area contributed by atoms with Crippen molar-refractivity contribution in [3.8, 4) is 11.4 Å². The first kappa shape index (κ1) is 14.4. The molecule has 0 bridgehead atoms. The average molecular weight is 342 g/mol. The monoisotopic (exact) mass is 341 g/mol. The average Bonchev–Trinajstić information content (AvgIpc) is 3.01. The molecule has 1 unspecified atom stereocenters. The predicted molar refractivity (Wildman–Crippen MR) is 94.2 cm³/mol. The van der Waals surface area contributed by atoms with Crippen molar-refractivity contribution in [2.75, 3.05) is 6.26 Å². The molecule has 4 aromatic rings. The van der Waals surface area contributed by atoms with E-state index in [1.807, 2.05) is 48.5 Å². The summed E-state index contributed by atoms with van der Waals surface area (Å²) in [4.78, 5) is 13.1. The molecule has 4 rings (SSSR count). The fraction of sp³-hybridized carbons (Fsp3) is 0.0588. The summed E-state index contributed by atoms with van der Waals surface area (Å²) in [6, 6.07) is 15.3. The van der Waals surface area contributed by atoms with Gasteiger partial charge >= 0.3 is 0 Å². The number of pyridine rings is 1. The van der Waals surface area contributed by atoms with Crippen LogP contribution in [0, 0.1) is 0 Å². The van der Waals surface area contributed by atoms with Crippen molar-refractivity contribution in [2.24, 2.45) is 0 Å². The minimum absolute atomic E-state index is 0.406. The summed E-state index contributed by atoms with van der Waals surface area (Å²) >= 11 is 6.28. The van der Waals surface area contributed by atoms with Crippen molar-refractivity contribution < 1.29 is 4.21 Å². The van der Waals surface area contributed by atoms with Crippen LogP contribution in [0.4, 0.5) is 0 Å². The minimum atomic E-state index is -0.992. The quantitative estimate of drug-likeness (QED) is 0.557. The van der Waals surface area contributed by atoms with E-state index in [-0.39, 0.29) is 0 Å². The van der Waals surface area contributed by atoms with Crippen LogP contribution in [0.5, 0.6) is 0 Å². The molecule has 0 saturated carbocycles. The maximum atomic E-state index is 11.5. The van der Waals surface area contributed by atoms with Gasteiger partial charge in [-0.3, -0.25) is 4.21 Å². The van der Waals surface area contributed by atoms with Gasteiger partial charge in [-0.05, 0) is 18.2 Å². The van der Waals surface area contributed by atoms with Crippen molar-refractivity contribution in [3.63, 3.8) is 0 Å². The van der Waals surface area contributed by atoms with Gasteiger partial charge in [0.15, 0.2) is 5.15 Å². The molecule has 6 heteroatoms. The Bertz CT molecular complexity index is 1060. The lowest BCUT2D eigenvalue weighted by Gasteiger charge is -1.98. The largest absolute Gasteiger partial charge is 0.335 e. The Labute approximate surface area is 140 Å². The van der Waals surface area contributed by atoms with Gasteiger partial charge in [0.05, 0.1) is 5.52 Å². The highest BCUT2D eigenvalue weighted by Gasteiger charge is 2.13. The second kappa shape index (κ2) is 5.44. The van der Waals surface area contributed by atoms with Crippen LogP contribution in [-0.2, 0) is 10.8 Å². The Morgan fingerprint density at radius 2 is 1.78 bits per heavy atom. The van der Waals surface area contributed by atoms with Crippen molar-refractivity contribution in [2.45, 2.75) is 4.90 Å². The number of para-hydroxylation sites is 1. The molecular weight excluding hydrogens is 330 g/mol. The standard InChI is InChI=1S/C17H12ClN3OS/c1-23(22)11-8-6-10(7-9-11)17-20-14-12-4-2-3-5-13(12)19-16(18)15(14)21-17/h2-9H,1H3,(H,20,21). The van der Waals surface area contributed by atoms with Crippen LogP contribution >= 0.6 is 11.6 Å². The number of H-pyrrole nitrogens is 1. The van der Waals surface area contributed by atoms with Gasteiger partial charge in [0.25, 0.3) is 0 Å². The van der Waals surface area contributed by atoms with Crippen LogP contribution in [0.1, 0.15) is 0 Å². The van der Waals surface area contributed by atoms with E-state index >= 15 is 0 Å². The van der Waals surface area contributed by atoms with Crippen LogP contribution in [-0.4, -0.2) is 25.4 Å². The maximum absolute atomic E-state index is 11.5. The Morgan fingerprint density at radius 1 is 1.04 bits per heavy atom. The second-order valence-electron chi connectivity index (χ2n) is 5.21. The molecule has 0 aliphatic rings. The second-order valence-corrected chi connectivity index (χ2v) is 6.94. The van der Waals surface area contributed by atoms with E-state index in [9.17, 15) is 4.21 Å². The molecule has 4 nitrogen and oxygen atoms in total. The molecule has 0 amide bonds. The normalized spacial score (nSPS) is 12.8. The predicted octanol–water partition coefficient (Wildman–Crippen LogP) is 4.17. The topological polar surface area (TPSA) is 58.6 Å². The fourth-order valence-electron chi connectivity index (χ4n) is 2.59. The number of aromatic amines is 1. The Kier molecular flexibility index (Phi) is 3.39. The number of rotatable bonds is 2. The molecule has 2 aromatic heterocycles. The molecule has 1 atom stereocenters. The molecule has 0 aliphatic heterocycles. The lowest BCUT2D eigenvalue weighted by molar-refractivity contribution is 0.687. The molecule has 114 valence electrons. The first-order valence-electron chi connectivity index (χ1n) is 7.01. The summed E-state index contributed by atoms with van der Waals surface area (Å²) in [6.07, 6.45) is 1.66. The van der Waals surface area contributed by atoms with Gasteiger partial charge < -0.3 is 4.98 Å². The number of hydrogen-bond donors (Lipinski definition) is 1. The van der Waals surface area contributed by atoms with Crippen molar-refractivity contribution in [3.05, 3.63) is 53.7 Å². The molecule has 0 radical (unpaired) electrons. The van der Waals surface area contributed by atoms with Crippen LogP contribution in [0.3, 0.4) is 0 Å². The molecule has 0 fully saturated rings. The number of nitrogens with zero attached hydrogens (tertiary/aromatic N) is 2. The van der Waals surface area contributed by atoms with Crippen molar-refractivity contribution in [1.82, 2.24) is 15.0 Å². The van der Waals surface area contributed by atoms with Gasteiger partial charge in [-0.1, -0.05) is 41.9 Å². The number of imidazole rings is 1. The van der Waals surface area contributed by atoms with Crippen molar-refractivity contribution in [1.29, 1.82) is 0 Å². The third-order valence-corrected chi connectivity index (χ3v) is 4.96.